The third-order valence-electron chi connectivity index (χ3n) is 11.7. The number of morpholine rings is 1. The van der Waals surface area contributed by atoms with E-state index in [0.717, 1.165) is 86.4 Å². The molecule has 0 radical (unpaired) electrons. The summed E-state index contributed by atoms with van der Waals surface area (Å²) in [6.45, 7) is 7.19. The molecule has 3 aliphatic rings. The monoisotopic (exact) mass is 880 g/mol. The molecule has 2 saturated heterocycles. The van der Waals surface area contributed by atoms with E-state index < -0.39 is 20.9 Å². The number of nitro benzene ring substituents is 1. The molecule has 5 aromatic carbocycles. The molecular formula is C46H49ClN6O6S2. The number of ether oxygens (including phenoxy) is 1. The van der Waals surface area contributed by atoms with Crippen molar-refractivity contribution in [2.75, 3.05) is 68.5 Å². The Bertz CT molecular complexity index is 2450. The fraction of sp³-hybridized carbons (Fsp3) is 0.326. The zero-order valence-electron chi connectivity index (χ0n) is 33.7. The van der Waals surface area contributed by atoms with Crippen LogP contribution < -0.4 is 14.9 Å². The number of halogens is 1. The number of nitrogens with one attached hydrogen (secondary N) is 2. The Morgan fingerprint density at radius 3 is 2.46 bits per heavy atom. The largest absolute Gasteiger partial charge is 0.379 e. The summed E-state index contributed by atoms with van der Waals surface area (Å²) in [6, 6.07) is 35.6. The van der Waals surface area contributed by atoms with Crippen LogP contribution in [0.15, 0.2) is 125 Å². The lowest BCUT2D eigenvalue weighted by Crippen LogP contribution is -2.54. The standard InChI is InChI=1S/C46H49ClN6O6S2/c47-37-14-10-33(11-15-37)42-9-5-4-6-36(42)30-51-22-23-52-39(31-51)16-12-34-28-35(13-19-44(34)52)46(54)49-61(57,58)41-17-18-43(45(29-41)53(55)56)48-38(20-21-50-24-26-59-27-25-50)32-60-40-7-2-1-3-8-40/h1-11,13-15,17-19,28-29,38-39,48H,12,16,20-27,30-32H2,(H,49,54)/t38-,39-/m1/s1. The maximum Gasteiger partial charge on any atom is 0.293 e. The molecule has 1 amide bonds. The van der Waals surface area contributed by atoms with Crippen LogP contribution in [0.4, 0.5) is 17.1 Å². The number of thioether (sulfide) groups is 1. The molecule has 3 heterocycles. The number of sulfonamides is 1. The number of fused-ring (bicyclic) bond motifs is 3. The number of anilines is 2. The van der Waals surface area contributed by atoms with Gasteiger partial charge in [-0.25, -0.2) is 13.1 Å². The quantitative estimate of drug-likeness (QED) is 0.0602. The molecule has 15 heteroatoms. The maximum atomic E-state index is 13.6. The molecule has 0 unspecified atom stereocenters. The van der Waals surface area contributed by atoms with Gasteiger partial charge in [-0.15, -0.1) is 11.8 Å². The molecule has 12 nitrogen and oxygen atoms in total. The van der Waals surface area contributed by atoms with Gasteiger partial charge in [-0.1, -0.05) is 66.2 Å². The van der Waals surface area contributed by atoms with Crippen LogP contribution in [0.2, 0.25) is 5.02 Å². The van der Waals surface area contributed by atoms with Crippen LogP contribution in [0, 0.1) is 10.1 Å². The van der Waals surface area contributed by atoms with Gasteiger partial charge in [0.2, 0.25) is 0 Å². The molecule has 0 aliphatic carbocycles. The van der Waals surface area contributed by atoms with Gasteiger partial charge in [-0.2, -0.15) is 0 Å². The highest BCUT2D eigenvalue weighted by Crippen LogP contribution is 2.35. The van der Waals surface area contributed by atoms with Crippen LogP contribution in [0.1, 0.15) is 34.3 Å². The predicted octanol–water partition coefficient (Wildman–Crippen LogP) is 7.97. The molecule has 2 atom stereocenters. The average molecular weight is 882 g/mol. The van der Waals surface area contributed by atoms with E-state index in [-0.39, 0.29) is 27.9 Å². The lowest BCUT2D eigenvalue weighted by molar-refractivity contribution is -0.384. The van der Waals surface area contributed by atoms with Crippen LogP contribution in [-0.2, 0) is 27.7 Å². The zero-order chi connectivity index (χ0) is 42.3. The number of aryl methyl sites for hydroxylation is 1. The van der Waals surface area contributed by atoms with Gasteiger partial charge >= 0.3 is 0 Å². The van der Waals surface area contributed by atoms with Gasteiger partial charge in [-0.05, 0) is 96.1 Å². The summed E-state index contributed by atoms with van der Waals surface area (Å²) in [5, 5.41) is 16.4. The summed E-state index contributed by atoms with van der Waals surface area (Å²) in [5.41, 5.74) is 5.69. The number of benzene rings is 5. The summed E-state index contributed by atoms with van der Waals surface area (Å²) in [6.07, 6.45) is 2.36. The minimum Gasteiger partial charge on any atom is -0.379 e. The summed E-state index contributed by atoms with van der Waals surface area (Å²) in [4.78, 5) is 33.2. The molecule has 8 rings (SSSR count). The molecule has 0 spiro atoms. The Kier molecular flexibility index (Phi) is 13.6. The fourth-order valence-corrected chi connectivity index (χ4v) is 10.6. The van der Waals surface area contributed by atoms with E-state index in [1.165, 1.54) is 23.3 Å². The van der Waals surface area contributed by atoms with Crippen molar-refractivity contribution in [2.24, 2.45) is 0 Å². The van der Waals surface area contributed by atoms with Gasteiger partial charge in [0.15, 0.2) is 0 Å². The second-order valence-corrected chi connectivity index (χ2v) is 18.9. The number of piperazine rings is 1. The Morgan fingerprint density at radius 2 is 1.67 bits per heavy atom. The number of amides is 1. The van der Waals surface area contributed by atoms with Crippen LogP contribution >= 0.6 is 23.4 Å². The second-order valence-electron chi connectivity index (χ2n) is 15.7. The fourth-order valence-electron chi connectivity index (χ4n) is 8.45. The molecule has 0 aromatic heterocycles. The summed E-state index contributed by atoms with van der Waals surface area (Å²) >= 11 is 7.81. The first-order valence-electron chi connectivity index (χ1n) is 20.7. The SMILES string of the molecule is O=C(NS(=O)(=O)c1ccc(N[C@H](CCN2CCOCC2)CSc2ccccc2)c([N+](=O)[O-])c1)c1ccc2c(c1)CC[C@@H]1CN(Cc3ccccc3-c3ccc(Cl)cc3)CCN21. The number of carbonyl (C=O) groups is 1. The van der Waals surface area contributed by atoms with Gasteiger partial charge in [0.25, 0.3) is 21.6 Å². The third-order valence-corrected chi connectivity index (χ3v) is 14.4. The Labute approximate surface area is 366 Å². The second kappa shape index (κ2) is 19.4. The smallest absolute Gasteiger partial charge is 0.293 e. The predicted molar refractivity (Wildman–Crippen MR) is 242 cm³/mol. The number of hydrogen-bond acceptors (Lipinski definition) is 11. The Morgan fingerprint density at radius 1 is 0.902 bits per heavy atom. The zero-order valence-corrected chi connectivity index (χ0v) is 36.1. The molecule has 3 aliphatic heterocycles. The van der Waals surface area contributed by atoms with Crippen molar-refractivity contribution in [1.82, 2.24) is 14.5 Å². The molecule has 318 valence electrons. The highest BCUT2D eigenvalue weighted by Gasteiger charge is 2.33. The van der Waals surface area contributed by atoms with Crippen molar-refractivity contribution in [2.45, 2.75) is 47.7 Å². The van der Waals surface area contributed by atoms with Crippen molar-refractivity contribution >= 4 is 56.4 Å². The number of nitrogens with zero attached hydrogens (tertiary/aromatic N) is 4. The Hall–Kier alpha value is -4.96. The van der Waals surface area contributed by atoms with Crippen molar-refractivity contribution in [3.63, 3.8) is 0 Å². The molecular weight excluding hydrogens is 832 g/mol. The number of hydrogen-bond donors (Lipinski definition) is 2. The van der Waals surface area contributed by atoms with E-state index in [1.54, 1.807) is 23.9 Å². The van der Waals surface area contributed by atoms with Crippen molar-refractivity contribution in [1.29, 1.82) is 0 Å². The topological polar surface area (TPSA) is 137 Å². The van der Waals surface area contributed by atoms with E-state index in [9.17, 15) is 23.3 Å². The lowest BCUT2D eigenvalue weighted by Gasteiger charge is -2.46. The first-order chi connectivity index (χ1) is 29.6. The minimum absolute atomic E-state index is 0.152. The molecule has 2 fully saturated rings. The van der Waals surface area contributed by atoms with Crippen molar-refractivity contribution < 1.29 is 22.9 Å². The van der Waals surface area contributed by atoms with Crippen molar-refractivity contribution in [3.8, 4) is 11.1 Å². The van der Waals surface area contributed by atoms with Gasteiger partial charge in [-0.3, -0.25) is 24.7 Å². The normalized spacial score (nSPS) is 17.5. The molecule has 2 N–H and O–H groups in total. The van der Waals surface area contributed by atoms with Crippen LogP contribution in [-0.4, -0.2) is 99.4 Å². The number of carbonyl (C=O) groups excluding carboxylic acids is 1. The molecule has 5 aromatic rings. The summed E-state index contributed by atoms with van der Waals surface area (Å²) in [5.74, 6) is -0.153. The van der Waals surface area contributed by atoms with E-state index in [0.29, 0.717) is 36.5 Å². The highest BCUT2D eigenvalue weighted by molar-refractivity contribution is 7.99. The third kappa shape index (κ3) is 10.6. The van der Waals surface area contributed by atoms with E-state index in [4.69, 9.17) is 16.3 Å². The molecule has 0 saturated carbocycles. The molecule has 0 bridgehead atoms. The van der Waals surface area contributed by atoms with E-state index in [2.05, 4.69) is 61.1 Å². The molecule has 61 heavy (non-hydrogen) atoms. The summed E-state index contributed by atoms with van der Waals surface area (Å²) < 4.78 is 34.9. The van der Waals surface area contributed by atoms with Gasteiger partial charge in [0.05, 0.1) is 23.0 Å². The first-order valence-corrected chi connectivity index (χ1v) is 23.5. The average Bonchev–Trinajstić information content (AvgIpc) is 3.28. The van der Waals surface area contributed by atoms with Gasteiger partial charge in [0.1, 0.15) is 5.69 Å². The highest BCUT2D eigenvalue weighted by atomic mass is 35.5. The van der Waals surface area contributed by atoms with Crippen LogP contribution in [0.5, 0.6) is 0 Å². The van der Waals surface area contributed by atoms with Gasteiger partial charge < -0.3 is 15.0 Å². The maximum absolute atomic E-state index is 13.6. The number of nitro groups is 1. The first kappa shape index (κ1) is 42.7. The summed E-state index contributed by atoms with van der Waals surface area (Å²) in [7, 11) is -4.45. The van der Waals surface area contributed by atoms with Crippen LogP contribution in [0.3, 0.4) is 0 Å². The number of rotatable bonds is 15. The van der Waals surface area contributed by atoms with Crippen LogP contribution in [0.25, 0.3) is 11.1 Å². The van der Waals surface area contributed by atoms with E-state index >= 15 is 0 Å². The van der Waals surface area contributed by atoms with Gasteiger partial charge in [0, 0.05) is 90.9 Å². The minimum atomic E-state index is -4.45. The van der Waals surface area contributed by atoms with E-state index in [1.807, 2.05) is 48.5 Å². The van der Waals surface area contributed by atoms with Crippen molar-refractivity contribution in [3.05, 3.63) is 147 Å². The lowest BCUT2D eigenvalue weighted by atomic mass is 9.92. The Balaban J connectivity index is 0.914.